The maximum Gasteiger partial charge on any atom is 0.279 e. The number of nitrogens with one attached hydrogen (secondary N) is 2. The second kappa shape index (κ2) is 9.35. The molecule has 7 heteroatoms. The number of carbonyl (C=O) groups is 2. The summed E-state index contributed by atoms with van der Waals surface area (Å²) in [5.41, 5.74) is 2.31. The lowest BCUT2D eigenvalue weighted by Gasteiger charge is -2.13. The second-order valence-electron chi connectivity index (χ2n) is 5.83. The number of methoxy groups -OCH3 is 1. The molecule has 0 unspecified atom stereocenters. The Morgan fingerprint density at radius 3 is 2.46 bits per heavy atom. The monoisotopic (exact) mass is 420 g/mol. The molecule has 2 aromatic rings. The summed E-state index contributed by atoms with van der Waals surface area (Å²) in [6, 6.07) is 12.8. The van der Waals surface area contributed by atoms with Gasteiger partial charge in [0, 0.05) is 23.9 Å². The van der Waals surface area contributed by atoms with Crippen molar-refractivity contribution in [1.82, 2.24) is 5.32 Å². The fraction of sp³-hybridized carbons (Fsp3) is 0.263. The lowest BCUT2D eigenvalue weighted by Crippen LogP contribution is -2.86. The van der Waals surface area contributed by atoms with Gasteiger partial charge in [-0.2, -0.15) is 0 Å². The zero-order valence-electron chi connectivity index (χ0n) is 15.0. The Morgan fingerprint density at radius 1 is 1.19 bits per heavy atom. The molecule has 2 rings (SSSR count). The number of hydrogen-bond donors (Lipinski definition) is 3. The molecule has 1 atom stereocenters. The summed E-state index contributed by atoms with van der Waals surface area (Å²) in [6.07, 6.45) is 0. The number of ether oxygens (including phenoxy) is 1. The number of nitrogens with two attached hydrogens (primary N) is 1. The van der Waals surface area contributed by atoms with Gasteiger partial charge < -0.3 is 20.7 Å². The summed E-state index contributed by atoms with van der Waals surface area (Å²) in [5, 5.41) is 7.35. The molecule has 0 saturated carbocycles. The van der Waals surface area contributed by atoms with Crippen LogP contribution in [0, 0.1) is 0 Å². The number of hydrogen-bond acceptors (Lipinski definition) is 3. The summed E-state index contributed by atoms with van der Waals surface area (Å²) in [4.78, 5) is 23.6. The number of amides is 2. The zero-order valence-corrected chi connectivity index (χ0v) is 16.6. The molecule has 138 valence electrons. The van der Waals surface area contributed by atoms with Gasteiger partial charge in [0.15, 0.2) is 6.54 Å². The standard InChI is InChI=1S/C19H22BrN3O3/c1-12(14-6-9-17(26-3)16(20)10-14)22-11-18(24)23-15-7-4-13(5-8-15)19(25)21-2/h4-10,12,22H,11H2,1-3H3,(H,21,25)(H,23,24)/p+1/t12-/m1/s1. The fourth-order valence-electron chi connectivity index (χ4n) is 2.45. The van der Waals surface area contributed by atoms with Crippen molar-refractivity contribution in [3.63, 3.8) is 0 Å². The van der Waals surface area contributed by atoms with Gasteiger partial charge in [-0.25, -0.2) is 0 Å². The van der Waals surface area contributed by atoms with Gasteiger partial charge >= 0.3 is 0 Å². The SMILES string of the molecule is CNC(=O)c1ccc(NC(=O)C[NH2+][C@H](C)c2ccc(OC)c(Br)c2)cc1. The number of anilines is 1. The molecule has 0 saturated heterocycles. The Labute approximate surface area is 161 Å². The van der Waals surface area contributed by atoms with Crippen molar-refractivity contribution in [2.75, 3.05) is 26.0 Å². The van der Waals surface area contributed by atoms with Crippen molar-refractivity contribution >= 4 is 33.4 Å². The second-order valence-corrected chi connectivity index (χ2v) is 6.68. The maximum absolute atomic E-state index is 12.1. The van der Waals surface area contributed by atoms with E-state index in [-0.39, 0.29) is 17.9 Å². The van der Waals surface area contributed by atoms with Gasteiger partial charge in [-0.3, -0.25) is 9.59 Å². The third kappa shape index (κ3) is 5.31. The molecule has 0 heterocycles. The quantitative estimate of drug-likeness (QED) is 0.640. The molecule has 0 aliphatic heterocycles. The van der Waals surface area contributed by atoms with Crippen LogP contribution >= 0.6 is 15.9 Å². The van der Waals surface area contributed by atoms with Crippen molar-refractivity contribution in [3.8, 4) is 5.75 Å². The van der Waals surface area contributed by atoms with Crippen molar-refractivity contribution in [2.24, 2.45) is 0 Å². The van der Waals surface area contributed by atoms with Crippen molar-refractivity contribution in [3.05, 3.63) is 58.1 Å². The summed E-state index contributed by atoms with van der Waals surface area (Å²) >= 11 is 3.47. The number of halogens is 1. The highest BCUT2D eigenvalue weighted by molar-refractivity contribution is 9.10. The maximum atomic E-state index is 12.1. The van der Waals surface area contributed by atoms with Gasteiger partial charge in [-0.15, -0.1) is 0 Å². The molecular formula is C19H23BrN3O3+. The highest BCUT2D eigenvalue weighted by atomic mass is 79.9. The van der Waals surface area contributed by atoms with Gasteiger partial charge in [-0.1, -0.05) is 0 Å². The van der Waals surface area contributed by atoms with Crippen molar-refractivity contribution in [2.45, 2.75) is 13.0 Å². The van der Waals surface area contributed by atoms with Crippen LogP contribution in [0.2, 0.25) is 0 Å². The van der Waals surface area contributed by atoms with Gasteiger partial charge in [0.25, 0.3) is 11.8 Å². The zero-order chi connectivity index (χ0) is 19.1. The van der Waals surface area contributed by atoms with Crippen LogP contribution in [-0.2, 0) is 4.79 Å². The molecule has 0 aliphatic rings. The van der Waals surface area contributed by atoms with Gasteiger partial charge in [0.05, 0.1) is 11.6 Å². The van der Waals surface area contributed by atoms with Crippen LogP contribution in [0.1, 0.15) is 28.9 Å². The molecule has 0 spiro atoms. The van der Waals surface area contributed by atoms with E-state index >= 15 is 0 Å². The summed E-state index contributed by atoms with van der Waals surface area (Å²) in [7, 11) is 3.21. The summed E-state index contributed by atoms with van der Waals surface area (Å²) in [5.74, 6) is 0.520. The topological polar surface area (TPSA) is 84.0 Å². The first kappa shape index (κ1) is 19.9. The smallest absolute Gasteiger partial charge is 0.279 e. The van der Waals surface area contributed by atoms with E-state index in [1.54, 1.807) is 38.4 Å². The molecule has 0 aliphatic carbocycles. The first-order valence-corrected chi connectivity index (χ1v) is 9.02. The molecule has 0 bridgehead atoms. The van der Waals surface area contributed by atoms with E-state index in [2.05, 4.69) is 26.6 Å². The molecule has 0 aromatic heterocycles. The van der Waals surface area contributed by atoms with Crippen LogP contribution in [0.3, 0.4) is 0 Å². The Balaban J connectivity index is 1.88. The lowest BCUT2D eigenvalue weighted by atomic mass is 10.1. The van der Waals surface area contributed by atoms with Crippen LogP contribution < -0.4 is 20.7 Å². The molecular weight excluding hydrogens is 398 g/mol. The Bertz CT molecular complexity index is 778. The normalized spacial score (nSPS) is 11.5. The van der Waals surface area contributed by atoms with E-state index in [0.29, 0.717) is 17.8 Å². The van der Waals surface area contributed by atoms with Gasteiger partial charge in [-0.05, 0) is 65.3 Å². The highest BCUT2D eigenvalue weighted by Crippen LogP contribution is 2.27. The molecule has 2 amide bonds. The van der Waals surface area contributed by atoms with Crippen molar-refractivity contribution < 1.29 is 19.6 Å². The molecule has 0 radical (unpaired) electrons. The Hall–Kier alpha value is -2.38. The minimum atomic E-state index is -0.157. The molecule has 2 aromatic carbocycles. The minimum absolute atomic E-state index is 0.0999. The predicted octanol–water partition coefficient (Wildman–Crippen LogP) is 2.08. The number of benzene rings is 2. The number of carbonyl (C=O) groups excluding carboxylic acids is 2. The first-order valence-electron chi connectivity index (χ1n) is 8.23. The fourth-order valence-corrected chi connectivity index (χ4v) is 3.01. The number of rotatable bonds is 7. The lowest BCUT2D eigenvalue weighted by molar-refractivity contribution is -0.682. The Morgan fingerprint density at radius 2 is 1.88 bits per heavy atom. The molecule has 26 heavy (non-hydrogen) atoms. The van der Waals surface area contributed by atoms with E-state index in [1.807, 2.05) is 30.4 Å². The van der Waals surface area contributed by atoms with Crippen LogP contribution in [0.5, 0.6) is 5.75 Å². The third-order valence-electron chi connectivity index (χ3n) is 4.02. The van der Waals surface area contributed by atoms with Gasteiger partial charge in [0.1, 0.15) is 11.8 Å². The third-order valence-corrected chi connectivity index (χ3v) is 4.64. The van der Waals surface area contributed by atoms with Crippen molar-refractivity contribution in [1.29, 1.82) is 0 Å². The van der Waals surface area contributed by atoms with E-state index in [1.165, 1.54) is 0 Å². The van der Waals surface area contributed by atoms with Crippen LogP contribution in [0.15, 0.2) is 46.9 Å². The van der Waals surface area contributed by atoms with E-state index in [0.717, 1.165) is 15.8 Å². The largest absolute Gasteiger partial charge is 0.496 e. The van der Waals surface area contributed by atoms with E-state index in [9.17, 15) is 9.59 Å². The van der Waals surface area contributed by atoms with E-state index < -0.39 is 0 Å². The van der Waals surface area contributed by atoms with Crippen LogP contribution in [0.4, 0.5) is 5.69 Å². The summed E-state index contributed by atoms with van der Waals surface area (Å²) < 4.78 is 6.12. The average Bonchev–Trinajstić information content (AvgIpc) is 2.66. The molecule has 0 fully saturated rings. The first-order chi connectivity index (χ1) is 12.4. The summed E-state index contributed by atoms with van der Waals surface area (Å²) in [6.45, 7) is 2.34. The molecule has 6 nitrogen and oxygen atoms in total. The Kier molecular flexibility index (Phi) is 7.17. The minimum Gasteiger partial charge on any atom is -0.496 e. The van der Waals surface area contributed by atoms with E-state index in [4.69, 9.17) is 4.74 Å². The highest BCUT2D eigenvalue weighted by Gasteiger charge is 2.13. The molecule has 4 N–H and O–H groups in total. The van der Waals surface area contributed by atoms with Gasteiger partial charge in [0.2, 0.25) is 0 Å². The van der Waals surface area contributed by atoms with Crippen LogP contribution in [-0.4, -0.2) is 32.5 Å². The number of quaternary nitrogens is 1. The average molecular weight is 421 g/mol. The van der Waals surface area contributed by atoms with Crippen LogP contribution in [0.25, 0.3) is 0 Å². The predicted molar refractivity (Wildman–Crippen MR) is 104 cm³/mol.